The second kappa shape index (κ2) is 9.55. The van der Waals surface area contributed by atoms with Crippen LogP contribution in [0.4, 0.5) is 0 Å². The van der Waals surface area contributed by atoms with Crippen molar-refractivity contribution in [1.29, 1.82) is 0 Å². The van der Waals surface area contributed by atoms with Gasteiger partial charge in [0.1, 0.15) is 0 Å². The van der Waals surface area contributed by atoms with Gasteiger partial charge in [0.15, 0.2) is 11.5 Å². The zero-order valence-corrected chi connectivity index (χ0v) is 16.5. The molecule has 7 heteroatoms. The van der Waals surface area contributed by atoms with Gasteiger partial charge in [-0.2, -0.15) is 0 Å². The van der Waals surface area contributed by atoms with Crippen LogP contribution < -0.4 is 14.8 Å². The Balaban J connectivity index is 0.00000225. The third kappa shape index (κ3) is 5.19. The maximum absolute atomic E-state index is 12.5. The summed E-state index contributed by atoms with van der Waals surface area (Å²) in [4.78, 5) is 15.6. The lowest BCUT2D eigenvalue weighted by molar-refractivity contribution is -0.130. The molecule has 140 valence electrons. The van der Waals surface area contributed by atoms with Gasteiger partial charge >= 0.3 is 0 Å². The third-order valence-corrected chi connectivity index (χ3v) is 5.81. The smallest absolute Gasteiger partial charge is 0.223 e. The van der Waals surface area contributed by atoms with Crippen LogP contribution in [0.5, 0.6) is 11.5 Å². The summed E-state index contributed by atoms with van der Waals surface area (Å²) in [6.45, 7) is 1.77. The zero-order chi connectivity index (χ0) is 16.9. The van der Waals surface area contributed by atoms with Crippen molar-refractivity contribution >= 4 is 30.1 Å². The summed E-state index contributed by atoms with van der Waals surface area (Å²) in [5.41, 5.74) is 0. The minimum absolute atomic E-state index is 0. The Morgan fingerprint density at radius 2 is 1.96 bits per heavy atom. The number of amides is 1. The molecule has 2 bridgehead atoms. The first kappa shape index (κ1) is 20.2. The lowest BCUT2D eigenvalue weighted by atomic mass is 10.1. The maximum atomic E-state index is 12.5. The molecule has 1 N–H and O–H groups in total. The number of hydrogen-bond acceptors (Lipinski definition) is 5. The van der Waals surface area contributed by atoms with Crippen LogP contribution >= 0.6 is 24.2 Å². The summed E-state index contributed by atoms with van der Waals surface area (Å²) in [5.74, 6) is 2.51. The molecule has 2 fully saturated rings. The average molecular weight is 387 g/mol. The van der Waals surface area contributed by atoms with Gasteiger partial charge in [0.25, 0.3) is 0 Å². The van der Waals surface area contributed by atoms with Gasteiger partial charge in [0.05, 0.1) is 14.2 Å². The third-order valence-electron chi connectivity index (χ3n) is 4.82. The SMILES string of the molecule is COc1ccc(SCCC(=O)N2CCC3CCC(C2)N3)cc1OC.Cl. The Bertz CT molecular complexity index is 587. The molecule has 2 aliphatic heterocycles. The molecular weight excluding hydrogens is 360 g/mol. The van der Waals surface area contributed by atoms with E-state index in [4.69, 9.17) is 9.47 Å². The van der Waals surface area contributed by atoms with E-state index in [-0.39, 0.29) is 18.3 Å². The Morgan fingerprint density at radius 3 is 2.72 bits per heavy atom. The van der Waals surface area contributed by atoms with Crippen LogP contribution in [0.1, 0.15) is 25.7 Å². The van der Waals surface area contributed by atoms with Crippen molar-refractivity contribution in [1.82, 2.24) is 10.2 Å². The van der Waals surface area contributed by atoms with E-state index in [2.05, 4.69) is 5.32 Å². The number of nitrogens with one attached hydrogen (secondary N) is 1. The van der Waals surface area contributed by atoms with Crippen LogP contribution in [0.3, 0.4) is 0 Å². The largest absolute Gasteiger partial charge is 0.493 e. The molecule has 2 saturated heterocycles. The average Bonchev–Trinajstić information content (AvgIpc) is 2.93. The van der Waals surface area contributed by atoms with Gasteiger partial charge < -0.3 is 19.7 Å². The fourth-order valence-electron chi connectivity index (χ4n) is 3.49. The highest BCUT2D eigenvalue weighted by molar-refractivity contribution is 7.99. The highest BCUT2D eigenvalue weighted by Crippen LogP contribution is 2.32. The molecule has 0 radical (unpaired) electrons. The molecule has 1 aromatic rings. The normalized spacial score (nSPS) is 22.1. The van der Waals surface area contributed by atoms with Crippen LogP contribution in [0.15, 0.2) is 23.1 Å². The number of carbonyl (C=O) groups is 1. The summed E-state index contributed by atoms with van der Waals surface area (Å²) >= 11 is 1.68. The van der Waals surface area contributed by atoms with E-state index in [1.807, 2.05) is 23.1 Å². The quantitative estimate of drug-likeness (QED) is 0.762. The number of methoxy groups -OCH3 is 2. The standard InChI is InChI=1S/C18H26N2O3S.ClH/c1-22-16-6-5-15(11-17(16)23-2)24-10-8-18(21)20-9-7-13-3-4-14(12-20)19-13;/h5-6,11,13-14,19H,3-4,7-10,12H2,1-2H3;1H. The number of nitrogens with zero attached hydrogens (tertiary/aromatic N) is 1. The van der Waals surface area contributed by atoms with E-state index in [0.717, 1.165) is 41.7 Å². The molecule has 2 atom stereocenters. The highest BCUT2D eigenvalue weighted by Gasteiger charge is 2.30. The summed E-state index contributed by atoms with van der Waals surface area (Å²) in [5, 5.41) is 3.62. The van der Waals surface area contributed by atoms with Crippen molar-refractivity contribution in [3.8, 4) is 11.5 Å². The molecule has 2 unspecified atom stereocenters. The predicted molar refractivity (Wildman–Crippen MR) is 103 cm³/mol. The summed E-state index contributed by atoms with van der Waals surface area (Å²) in [7, 11) is 3.27. The topological polar surface area (TPSA) is 50.8 Å². The molecule has 25 heavy (non-hydrogen) atoms. The van der Waals surface area contributed by atoms with E-state index >= 15 is 0 Å². The van der Waals surface area contributed by atoms with Gasteiger partial charge in [-0.05, 0) is 37.5 Å². The zero-order valence-electron chi connectivity index (χ0n) is 14.8. The van der Waals surface area contributed by atoms with Crippen LogP contribution in [0, 0.1) is 0 Å². The van der Waals surface area contributed by atoms with Crippen molar-refractivity contribution in [2.75, 3.05) is 33.1 Å². The Morgan fingerprint density at radius 1 is 1.20 bits per heavy atom. The number of likely N-dealkylation sites (tertiary alicyclic amines) is 1. The van der Waals surface area contributed by atoms with Crippen LogP contribution in [-0.4, -0.2) is 56.0 Å². The summed E-state index contributed by atoms with van der Waals surface area (Å²) in [6, 6.07) is 6.99. The molecule has 0 aromatic heterocycles. The lowest BCUT2D eigenvalue weighted by Gasteiger charge is -2.24. The number of halogens is 1. The van der Waals surface area contributed by atoms with Gasteiger partial charge in [-0.25, -0.2) is 0 Å². The molecule has 0 spiro atoms. The first-order chi connectivity index (χ1) is 11.7. The second-order valence-corrected chi connectivity index (χ2v) is 7.55. The van der Waals surface area contributed by atoms with E-state index < -0.39 is 0 Å². The van der Waals surface area contributed by atoms with E-state index in [1.165, 1.54) is 12.8 Å². The van der Waals surface area contributed by atoms with Crippen molar-refractivity contribution in [3.05, 3.63) is 18.2 Å². The molecule has 3 rings (SSSR count). The molecule has 5 nitrogen and oxygen atoms in total. The van der Waals surface area contributed by atoms with E-state index in [0.29, 0.717) is 18.5 Å². The fourth-order valence-corrected chi connectivity index (χ4v) is 4.36. The van der Waals surface area contributed by atoms with Crippen molar-refractivity contribution in [2.24, 2.45) is 0 Å². The number of benzene rings is 1. The molecule has 0 saturated carbocycles. The van der Waals surface area contributed by atoms with Crippen molar-refractivity contribution in [2.45, 2.75) is 42.7 Å². The van der Waals surface area contributed by atoms with Crippen LogP contribution in [0.25, 0.3) is 0 Å². The Labute approximate surface area is 160 Å². The number of hydrogen-bond donors (Lipinski definition) is 1. The Kier molecular flexibility index (Phi) is 7.72. The van der Waals surface area contributed by atoms with E-state index in [1.54, 1.807) is 26.0 Å². The first-order valence-corrected chi connectivity index (χ1v) is 9.57. The minimum atomic E-state index is 0. The highest BCUT2D eigenvalue weighted by atomic mass is 35.5. The van der Waals surface area contributed by atoms with Gasteiger partial charge in [-0.1, -0.05) is 0 Å². The molecule has 2 aliphatic rings. The molecule has 2 heterocycles. The van der Waals surface area contributed by atoms with Gasteiger partial charge in [-0.15, -0.1) is 24.2 Å². The number of fused-ring (bicyclic) bond motifs is 2. The van der Waals surface area contributed by atoms with Gasteiger partial charge in [-0.3, -0.25) is 4.79 Å². The minimum Gasteiger partial charge on any atom is -0.493 e. The monoisotopic (exact) mass is 386 g/mol. The molecule has 1 aromatic carbocycles. The fraction of sp³-hybridized carbons (Fsp3) is 0.611. The molecule has 0 aliphatic carbocycles. The number of rotatable bonds is 6. The van der Waals surface area contributed by atoms with Gasteiger partial charge in [0.2, 0.25) is 5.91 Å². The van der Waals surface area contributed by atoms with E-state index in [9.17, 15) is 4.79 Å². The number of thioether (sulfide) groups is 1. The van der Waals surface area contributed by atoms with Crippen LogP contribution in [0.2, 0.25) is 0 Å². The first-order valence-electron chi connectivity index (χ1n) is 8.58. The van der Waals surface area contributed by atoms with Crippen molar-refractivity contribution < 1.29 is 14.3 Å². The number of carbonyl (C=O) groups excluding carboxylic acids is 1. The predicted octanol–water partition coefficient (Wildman–Crippen LogP) is 2.96. The lowest BCUT2D eigenvalue weighted by Crippen LogP contribution is -2.39. The second-order valence-electron chi connectivity index (χ2n) is 6.38. The molecular formula is C18H27ClN2O3S. The Hall–Kier alpha value is -1.11. The van der Waals surface area contributed by atoms with Crippen molar-refractivity contribution in [3.63, 3.8) is 0 Å². The summed E-state index contributed by atoms with van der Waals surface area (Å²) in [6.07, 6.45) is 4.14. The van der Waals surface area contributed by atoms with Gasteiger partial charge in [0, 0.05) is 42.2 Å². The van der Waals surface area contributed by atoms with Crippen LogP contribution in [-0.2, 0) is 4.79 Å². The maximum Gasteiger partial charge on any atom is 0.223 e. The summed E-state index contributed by atoms with van der Waals surface area (Å²) < 4.78 is 10.6. The number of ether oxygens (including phenoxy) is 2. The molecule has 1 amide bonds.